The Morgan fingerprint density at radius 1 is 1.77 bits per heavy atom. The van der Waals surface area contributed by atoms with Gasteiger partial charge >= 0.3 is 5.97 Å². The van der Waals surface area contributed by atoms with Crippen molar-refractivity contribution in [2.75, 3.05) is 11.9 Å². The van der Waals surface area contributed by atoms with Crippen LogP contribution in [0, 0.1) is 11.3 Å². The SMILES string of the molecule is [2H]OC(=O)CN([2H])c1ccccc1C#N. The number of hydrogen-bond donors (Lipinski definition) is 2. The van der Waals surface area contributed by atoms with Gasteiger partial charge in [0.05, 0.1) is 11.3 Å². The van der Waals surface area contributed by atoms with Crippen LogP contribution in [0.4, 0.5) is 5.69 Å². The average molecular weight is 178 g/mol. The van der Waals surface area contributed by atoms with Crippen molar-refractivity contribution in [3.63, 3.8) is 0 Å². The fraction of sp³-hybridized carbons (Fsp3) is 0.111. The third kappa shape index (κ3) is 2.49. The number of benzene rings is 1. The van der Waals surface area contributed by atoms with Gasteiger partial charge in [0.15, 0.2) is 1.41 Å². The lowest BCUT2D eigenvalue weighted by atomic mass is 10.2. The summed E-state index contributed by atoms with van der Waals surface area (Å²) in [7, 11) is 0. The molecule has 0 radical (unpaired) electrons. The molecule has 0 saturated heterocycles. The first-order valence-corrected chi connectivity index (χ1v) is 3.60. The monoisotopic (exact) mass is 178 g/mol. The highest BCUT2D eigenvalue weighted by Gasteiger charge is 2.01. The third-order valence-electron chi connectivity index (χ3n) is 1.40. The van der Waals surface area contributed by atoms with Crippen molar-refractivity contribution >= 4 is 11.7 Å². The predicted octanol–water partition coefficient (Wildman–Crippen LogP) is 1.05. The van der Waals surface area contributed by atoms with Crippen molar-refractivity contribution in [1.82, 2.24) is 0 Å². The molecule has 0 amide bonds. The van der Waals surface area contributed by atoms with E-state index in [1.54, 1.807) is 24.3 Å². The second kappa shape index (κ2) is 4.12. The number of para-hydroxylation sites is 1. The first-order chi connectivity index (χ1) is 7.19. The minimum Gasteiger partial charge on any atom is -0.480 e. The van der Waals surface area contributed by atoms with Gasteiger partial charge in [-0.15, -0.1) is 0 Å². The van der Waals surface area contributed by atoms with Crippen LogP contribution in [0.1, 0.15) is 5.56 Å². The molecule has 0 unspecified atom stereocenters. The maximum Gasteiger partial charge on any atom is 0.322 e. The van der Waals surface area contributed by atoms with Crippen molar-refractivity contribution in [3.8, 4) is 6.07 Å². The molecule has 0 saturated carbocycles. The van der Waals surface area contributed by atoms with E-state index < -0.39 is 5.97 Å². The van der Waals surface area contributed by atoms with Crippen LogP contribution in [-0.2, 0) is 4.79 Å². The fourth-order valence-electron chi connectivity index (χ4n) is 0.856. The van der Waals surface area contributed by atoms with Crippen molar-refractivity contribution < 1.29 is 11.3 Å². The maximum atomic E-state index is 10.7. The molecule has 0 aliphatic heterocycles. The molecule has 1 aromatic rings. The van der Waals surface area contributed by atoms with Crippen LogP contribution in [0.15, 0.2) is 24.3 Å². The average Bonchev–Trinajstić information content (AvgIpc) is 2.28. The minimum absolute atomic E-state index is 0.297. The summed E-state index contributed by atoms with van der Waals surface area (Å²) in [5.74, 6) is -0.849. The van der Waals surface area contributed by atoms with Crippen LogP contribution in [0.5, 0.6) is 0 Å². The Hall–Kier alpha value is -2.02. The molecule has 1 aromatic carbocycles. The smallest absolute Gasteiger partial charge is 0.322 e. The van der Waals surface area contributed by atoms with Gasteiger partial charge in [-0.25, -0.2) is 0 Å². The second-order valence-corrected chi connectivity index (χ2v) is 2.32. The molecule has 0 heterocycles. The largest absolute Gasteiger partial charge is 0.480 e. The zero-order valence-electron chi connectivity index (χ0n) is 8.73. The van der Waals surface area contributed by atoms with Crippen LogP contribution in [0.3, 0.4) is 0 Å². The summed E-state index contributed by atoms with van der Waals surface area (Å²) < 4.78 is 13.8. The summed E-state index contributed by atoms with van der Waals surface area (Å²) in [6.45, 7) is -0.387. The number of nitrogens with one attached hydrogen (secondary N) is 1. The molecule has 0 fully saturated rings. The predicted molar refractivity (Wildman–Crippen MR) is 47.3 cm³/mol. The molecule has 0 spiro atoms. The Morgan fingerprint density at radius 3 is 3.23 bits per heavy atom. The Labute approximate surface area is 78.4 Å². The lowest BCUT2D eigenvalue weighted by molar-refractivity contribution is -0.134. The normalized spacial score (nSPS) is 10.7. The first kappa shape index (κ1) is 6.49. The van der Waals surface area contributed by atoms with E-state index in [1.165, 1.54) is 0 Å². The number of rotatable bonds is 3. The Bertz CT molecular complexity index is 403. The summed E-state index contributed by atoms with van der Waals surface area (Å²) >= 11 is 0. The highest BCUT2D eigenvalue weighted by molar-refractivity contribution is 5.73. The molecule has 13 heavy (non-hydrogen) atoms. The van der Waals surface area contributed by atoms with Gasteiger partial charge in [-0.1, -0.05) is 12.1 Å². The Kier molecular flexibility index (Phi) is 2.06. The van der Waals surface area contributed by atoms with E-state index in [2.05, 4.69) is 5.11 Å². The Balaban J connectivity index is 2.87. The highest BCUT2D eigenvalue weighted by Crippen LogP contribution is 2.12. The zero-order chi connectivity index (χ0) is 11.3. The summed E-state index contributed by atoms with van der Waals surface area (Å²) in [6, 6.07) is 8.32. The van der Waals surface area contributed by atoms with E-state index in [-0.39, 0.29) is 6.54 Å². The third-order valence-corrected chi connectivity index (χ3v) is 1.40. The second-order valence-electron chi connectivity index (χ2n) is 2.32. The van der Waals surface area contributed by atoms with E-state index in [0.717, 1.165) is 5.31 Å². The van der Waals surface area contributed by atoms with E-state index >= 15 is 0 Å². The summed E-state index contributed by atoms with van der Waals surface area (Å²) in [6.07, 6.45) is 0. The summed E-state index contributed by atoms with van der Waals surface area (Å²) in [5, 5.41) is 13.2. The molecule has 0 atom stereocenters. The van der Waals surface area contributed by atoms with E-state index in [1.807, 2.05) is 6.07 Å². The highest BCUT2D eigenvalue weighted by atomic mass is 16.4. The molecule has 1 rings (SSSR count). The quantitative estimate of drug-likeness (QED) is 0.725. The molecular formula is C9H8N2O2. The number of aliphatic carboxylic acids is 1. The number of nitriles is 1. The first-order valence-electron chi connectivity index (χ1n) is 4.46. The molecule has 0 aliphatic carbocycles. The lowest BCUT2D eigenvalue weighted by Crippen LogP contribution is -2.12. The maximum absolute atomic E-state index is 10.7. The molecule has 4 nitrogen and oxygen atoms in total. The minimum atomic E-state index is -0.849. The van der Waals surface area contributed by atoms with Gasteiger partial charge in [0.2, 0.25) is 0 Å². The van der Waals surface area contributed by atoms with E-state index in [9.17, 15) is 4.79 Å². The number of hydrogen-bond acceptors (Lipinski definition) is 4. The number of carboxylic acid groups (broad SMARTS) is 1. The van der Waals surface area contributed by atoms with Gasteiger partial charge in [0.1, 0.15) is 12.6 Å². The van der Waals surface area contributed by atoms with Gasteiger partial charge in [0, 0.05) is 0 Å². The summed E-state index contributed by atoms with van der Waals surface area (Å²) in [4.78, 5) is 10.7. The fourth-order valence-corrected chi connectivity index (χ4v) is 0.856. The zero-order valence-corrected chi connectivity index (χ0v) is 6.73. The summed E-state index contributed by atoms with van der Waals surface area (Å²) in [5.41, 5.74) is 0.607. The van der Waals surface area contributed by atoms with Crippen LogP contribution in [0.2, 0.25) is 1.41 Å². The van der Waals surface area contributed by atoms with Gasteiger partial charge in [-0.3, -0.25) is 4.79 Å². The molecule has 4 heteroatoms. The Morgan fingerprint density at radius 2 is 2.54 bits per heavy atom. The van der Waals surface area contributed by atoms with E-state index in [4.69, 9.17) is 8.10 Å². The molecule has 2 N–H and O–H groups in total. The van der Waals surface area contributed by atoms with Gasteiger partial charge in [0.25, 0.3) is 1.43 Å². The van der Waals surface area contributed by atoms with Gasteiger partial charge < -0.3 is 10.4 Å². The van der Waals surface area contributed by atoms with Crippen LogP contribution in [-0.4, -0.2) is 17.6 Å². The van der Waals surface area contributed by atoms with Gasteiger partial charge in [-0.05, 0) is 12.1 Å². The number of anilines is 1. The number of carbonyl (C=O) groups is 1. The molecule has 0 aromatic heterocycles. The van der Waals surface area contributed by atoms with Crippen molar-refractivity contribution in [2.24, 2.45) is 0 Å². The standard InChI is InChI=1S/C9H8N2O2/c10-5-7-3-1-2-4-8(7)11-6-9(12)13/h1-4,11H,6H2,(H,12,13)/i/hD2. The number of carboxylic acids is 1. The topological polar surface area (TPSA) is 73.1 Å². The lowest BCUT2D eigenvalue weighted by Gasteiger charge is -2.03. The van der Waals surface area contributed by atoms with Crippen LogP contribution < -0.4 is 5.31 Å². The molecular weight excluding hydrogens is 168 g/mol. The van der Waals surface area contributed by atoms with Gasteiger partial charge in [-0.2, -0.15) is 5.26 Å². The van der Waals surface area contributed by atoms with Crippen LogP contribution in [0.25, 0.3) is 1.43 Å². The molecule has 66 valence electrons. The number of nitrogens with zero attached hydrogens (tertiary/aromatic N) is 1. The van der Waals surface area contributed by atoms with Crippen LogP contribution >= 0.6 is 0 Å². The van der Waals surface area contributed by atoms with Crippen molar-refractivity contribution in [3.05, 3.63) is 29.8 Å². The van der Waals surface area contributed by atoms with Crippen molar-refractivity contribution in [1.29, 1.82) is 6.69 Å². The molecule has 0 aliphatic rings. The van der Waals surface area contributed by atoms with Crippen molar-refractivity contribution in [2.45, 2.75) is 0 Å². The van der Waals surface area contributed by atoms with E-state index in [0.29, 0.717) is 11.3 Å². The molecule has 0 bridgehead atoms.